The van der Waals surface area contributed by atoms with E-state index in [1.165, 1.54) is 12.8 Å². The first-order valence-corrected chi connectivity index (χ1v) is 9.11. The Labute approximate surface area is 160 Å². The molecule has 138 valence electrons. The van der Waals surface area contributed by atoms with E-state index in [0.29, 0.717) is 17.8 Å². The van der Waals surface area contributed by atoms with E-state index in [9.17, 15) is 4.79 Å². The molecule has 3 unspecified atom stereocenters. The SMILES string of the molecule is Cl.O=C(NC1CC2CCC(C1)N2)C(Oc1ccccc1)c1ccccc1. The van der Waals surface area contributed by atoms with Crippen LogP contribution in [-0.4, -0.2) is 24.0 Å². The smallest absolute Gasteiger partial charge is 0.266 e. The topological polar surface area (TPSA) is 50.4 Å². The van der Waals surface area contributed by atoms with Gasteiger partial charge in [0.1, 0.15) is 5.75 Å². The largest absolute Gasteiger partial charge is 0.476 e. The lowest BCUT2D eigenvalue weighted by Gasteiger charge is -2.31. The number of hydrogen-bond acceptors (Lipinski definition) is 3. The van der Waals surface area contributed by atoms with Crippen LogP contribution >= 0.6 is 12.4 Å². The molecule has 5 heteroatoms. The Morgan fingerprint density at radius 2 is 1.54 bits per heavy atom. The van der Waals surface area contributed by atoms with Crippen molar-refractivity contribution in [1.29, 1.82) is 0 Å². The van der Waals surface area contributed by atoms with Crippen LogP contribution in [0.3, 0.4) is 0 Å². The number of carbonyl (C=O) groups is 1. The molecule has 0 aromatic heterocycles. The van der Waals surface area contributed by atoms with Gasteiger partial charge in [-0.3, -0.25) is 4.79 Å². The van der Waals surface area contributed by atoms with Crippen molar-refractivity contribution in [2.45, 2.75) is 49.9 Å². The Hall–Kier alpha value is -2.04. The van der Waals surface area contributed by atoms with Gasteiger partial charge in [-0.2, -0.15) is 0 Å². The van der Waals surface area contributed by atoms with Crippen LogP contribution in [0.15, 0.2) is 60.7 Å². The summed E-state index contributed by atoms with van der Waals surface area (Å²) in [5.74, 6) is 0.651. The highest BCUT2D eigenvalue weighted by Gasteiger charge is 2.35. The van der Waals surface area contributed by atoms with E-state index >= 15 is 0 Å². The number of carbonyl (C=O) groups excluding carboxylic acids is 1. The molecule has 2 bridgehead atoms. The zero-order valence-electron chi connectivity index (χ0n) is 14.6. The third-order valence-electron chi connectivity index (χ3n) is 5.16. The molecule has 1 amide bonds. The summed E-state index contributed by atoms with van der Waals surface area (Å²) in [6, 6.07) is 20.6. The molecule has 2 aliphatic heterocycles. The van der Waals surface area contributed by atoms with E-state index in [1.807, 2.05) is 60.7 Å². The first-order chi connectivity index (χ1) is 12.3. The van der Waals surface area contributed by atoms with E-state index in [2.05, 4.69) is 10.6 Å². The Kier molecular flexibility index (Phi) is 6.17. The zero-order chi connectivity index (χ0) is 17.1. The van der Waals surface area contributed by atoms with Crippen molar-refractivity contribution in [2.75, 3.05) is 0 Å². The number of nitrogens with one attached hydrogen (secondary N) is 2. The fraction of sp³-hybridized carbons (Fsp3) is 0.381. The minimum atomic E-state index is -0.629. The molecular weight excluding hydrogens is 348 g/mol. The minimum absolute atomic E-state index is 0. The predicted molar refractivity (Wildman–Crippen MR) is 105 cm³/mol. The van der Waals surface area contributed by atoms with E-state index < -0.39 is 6.10 Å². The summed E-state index contributed by atoms with van der Waals surface area (Å²) < 4.78 is 6.05. The highest BCUT2D eigenvalue weighted by atomic mass is 35.5. The predicted octanol–water partition coefficient (Wildman–Crippen LogP) is 3.63. The zero-order valence-corrected chi connectivity index (χ0v) is 15.5. The molecule has 2 heterocycles. The summed E-state index contributed by atoms with van der Waals surface area (Å²) >= 11 is 0. The summed E-state index contributed by atoms with van der Waals surface area (Å²) in [6.07, 6.45) is 3.83. The average molecular weight is 373 g/mol. The number of fused-ring (bicyclic) bond motifs is 2. The molecule has 2 aromatic carbocycles. The van der Waals surface area contributed by atoms with Gasteiger partial charge in [-0.15, -0.1) is 12.4 Å². The molecule has 0 spiro atoms. The molecule has 0 radical (unpaired) electrons. The van der Waals surface area contributed by atoms with Crippen LogP contribution in [-0.2, 0) is 4.79 Å². The third kappa shape index (κ3) is 4.37. The maximum Gasteiger partial charge on any atom is 0.266 e. The molecule has 26 heavy (non-hydrogen) atoms. The average Bonchev–Trinajstić information content (AvgIpc) is 2.99. The summed E-state index contributed by atoms with van der Waals surface area (Å²) in [5, 5.41) is 6.85. The maximum atomic E-state index is 13.0. The number of benzene rings is 2. The lowest BCUT2D eigenvalue weighted by molar-refractivity contribution is -0.129. The second-order valence-electron chi connectivity index (χ2n) is 7.04. The Morgan fingerprint density at radius 1 is 0.962 bits per heavy atom. The summed E-state index contributed by atoms with van der Waals surface area (Å²) in [6.45, 7) is 0. The lowest BCUT2D eigenvalue weighted by atomic mass is 9.99. The van der Waals surface area contributed by atoms with Gasteiger partial charge < -0.3 is 15.4 Å². The van der Waals surface area contributed by atoms with E-state index in [4.69, 9.17) is 4.74 Å². The number of amides is 1. The molecule has 2 aliphatic rings. The van der Waals surface area contributed by atoms with Gasteiger partial charge in [0.2, 0.25) is 6.10 Å². The van der Waals surface area contributed by atoms with Gasteiger partial charge in [-0.05, 0) is 37.8 Å². The van der Waals surface area contributed by atoms with Crippen molar-refractivity contribution >= 4 is 18.3 Å². The van der Waals surface area contributed by atoms with Gasteiger partial charge in [-0.25, -0.2) is 0 Å². The van der Waals surface area contributed by atoms with E-state index in [-0.39, 0.29) is 24.4 Å². The van der Waals surface area contributed by atoms with Crippen molar-refractivity contribution < 1.29 is 9.53 Å². The molecule has 2 aromatic rings. The fourth-order valence-electron chi connectivity index (χ4n) is 3.99. The van der Waals surface area contributed by atoms with Gasteiger partial charge in [0, 0.05) is 23.7 Å². The molecule has 0 saturated carbocycles. The van der Waals surface area contributed by atoms with Crippen LogP contribution in [0.2, 0.25) is 0 Å². The van der Waals surface area contributed by atoms with Gasteiger partial charge >= 0.3 is 0 Å². The number of para-hydroxylation sites is 1. The minimum Gasteiger partial charge on any atom is -0.476 e. The van der Waals surface area contributed by atoms with Gasteiger partial charge in [-0.1, -0.05) is 48.5 Å². The van der Waals surface area contributed by atoms with Crippen LogP contribution in [0.25, 0.3) is 0 Å². The van der Waals surface area contributed by atoms with E-state index in [0.717, 1.165) is 18.4 Å². The number of hydrogen-bond donors (Lipinski definition) is 2. The van der Waals surface area contributed by atoms with Crippen molar-refractivity contribution in [3.63, 3.8) is 0 Å². The van der Waals surface area contributed by atoms with Crippen LogP contribution < -0.4 is 15.4 Å². The molecule has 2 fully saturated rings. The Balaban J connectivity index is 0.00000196. The van der Waals surface area contributed by atoms with Gasteiger partial charge in [0.05, 0.1) is 0 Å². The summed E-state index contributed by atoms with van der Waals surface area (Å²) in [7, 11) is 0. The van der Waals surface area contributed by atoms with Crippen molar-refractivity contribution in [2.24, 2.45) is 0 Å². The van der Waals surface area contributed by atoms with Crippen molar-refractivity contribution in [1.82, 2.24) is 10.6 Å². The third-order valence-corrected chi connectivity index (χ3v) is 5.16. The second-order valence-corrected chi connectivity index (χ2v) is 7.04. The Morgan fingerprint density at radius 3 is 2.15 bits per heavy atom. The molecule has 4 nitrogen and oxygen atoms in total. The van der Waals surface area contributed by atoms with Crippen LogP contribution in [0.4, 0.5) is 0 Å². The van der Waals surface area contributed by atoms with Crippen LogP contribution in [0, 0.1) is 0 Å². The monoisotopic (exact) mass is 372 g/mol. The standard InChI is InChI=1S/C21H24N2O2.ClH/c24-21(23-18-13-16-11-12-17(14-18)22-16)20(15-7-3-1-4-8-15)25-19-9-5-2-6-10-19;/h1-10,16-18,20,22H,11-14H2,(H,23,24);1H. The van der Waals surface area contributed by atoms with Crippen LogP contribution in [0.5, 0.6) is 5.75 Å². The number of piperidine rings is 1. The fourth-order valence-corrected chi connectivity index (χ4v) is 3.99. The van der Waals surface area contributed by atoms with Gasteiger partial charge in [0.25, 0.3) is 5.91 Å². The normalized spacial score (nSPS) is 25.0. The molecular formula is C21H25ClN2O2. The van der Waals surface area contributed by atoms with Gasteiger partial charge in [0.15, 0.2) is 0 Å². The first kappa shape index (κ1) is 18.7. The van der Waals surface area contributed by atoms with Crippen molar-refractivity contribution in [3.05, 3.63) is 66.2 Å². The molecule has 4 rings (SSSR count). The Bertz CT molecular complexity index is 698. The number of rotatable bonds is 5. The summed E-state index contributed by atoms with van der Waals surface area (Å²) in [4.78, 5) is 13.0. The van der Waals surface area contributed by atoms with E-state index in [1.54, 1.807) is 0 Å². The van der Waals surface area contributed by atoms with Crippen LogP contribution in [0.1, 0.15) is 37.4 Å². The second kappa shape index (κ2) is 8.56. The number of halogens is 1. The highest BCUT2D eigenvalue weighted by molar-refractivity contribution is 5.85. The molecule has 3 atom stereocenters. The molecule has 2 saturated heterocycles. The highest BCUT2D eigenvalue weighted by Crippen LogP contribution is 2.28. The maximum absolute atomic E-state index is 13.0. The quantitative estimate of drug-likeness (QED) is 0.842. The first-order valence-electron chi connectivity index (χ1n) is 9.11. The van der Waals surface area contributed by atoms with Crippen molar-refractivity contribution in [3.8, 4) is 5.75 Å². The molecule has 2 N–H and O–H groups in total. The summed E-state index contributed by atoms with van der Waals surface area (Å²) in [5.41, 5.74) is 0.876. The number of ether oxygens (including phenoxy) is 1. The molecule has 0 aliphatic carbocycles. The lowest BCUT2D eigenvalue weighted by Crippen LogP contribution is -2.49.